The maximum atomic E-state index is 13.3. The third-order valence-corrected chi connectivity index (χ3v) is 8.57. The highest BCUT2D eigenvalue weighted by molar-refractivity contribution is 7.91. The van der Waals surface area contributed by atoms with E-state index < -0.39 is 15.8 Å². The molecule has 0 saturated heterocycles. The van der Waals surface area contributed by atoms with E-state index in [2.05, 4.69) is 5.32 Å². The Morgan fingerprint density at radius 2 is 1.69 bits per heavy atom. The predicted molar refractivity (Wildman–Crippen MR) is 122 cm³/mol. The van der Waals surface area contributed by atoms with Crippen LogP contribution >= 0.6 is 22.9 Å². The zero-order valence-electron chi connectivity index (χ0n) is 17.5. The van der Waals surface area contributed by atoms with Gasteiger partial charge in [0.2, 0.25) is 21.5 Å². The highest BCUT2D eigenvalue weighted by Gasteiger charge is 2.36. The molecule has 1 unspecified atom stereocenters. The highest BCUT2D eigenvalue weighted by atomic mass is 35.5. The molecular weight excluding hydrogens is 474 g/mol. The number of methoxy groups -OCH3 is 3. The third kappa shape index (κ3) is 3.70. The van der Waals surface area contributed by atoms with Crippen LogP contribution in [-0.4, -0.2) is 35.7 Å². The number of fused-ring (bicyclic) bond motifs is 1. The van der Waals surface area contributed by atoms with E-state index in [1.807, 2.05) is 0 Å². The molecule has 0 aliphatic carbocycles. The minimum Gasteiger partial charge on any atom is -0.493 e. The molecule has 0 radical (unpaired) electrons. The van der Waals surface area contributed by atoms with Crippen molar-refractivity contribution in [2.24, 2.45) is 0 Å². The van der Waals surface area contributed by atoms with Gasteiger partial charge in [-0.25, -0.2) is 8.42 Å². The first-order valence-electron chi connectivity index (χ1n) is 9.52. The lowest BCUT2D eigenvalue weighted by Gasteiger charge is -2.26. The van der Waals surface area contributed by atoms with Gasteiger partial charge >= 0.3 is 0 Å². The van der Waals surface area contributed by atoms with Gasteiger partial charge in [-0.05, 0) is 30.3 Å². The molecule has 0 bridgehead atoms. The second kappa shape index (κ2) is 8.65. The summed E-state index contributed by atoms with van der Waals surface area (Å²) < 4.78 is 43.0. The summed E-state index contributed by atoms with van der Waals surface area (Å²) in [7, 11) is 0.678. The molecule has 0 spiro atoms. The Kier molecular flexibility index (Phi) is 6.07. The number of hydrogen-bond donors (Lipinski definition) is 1. The van der Waals surface area contributed by atoms with E-state index in [0.717, 1.165) is 4.88 Å². The third-order valence-electron chi connectivity index (χ3n) is 5.28. The molecule has 7 nitrogen and oxygen atoms in total. The van der Waals surface area contributed by atoms with Crippen LogP contribution in [0.2, 0.25) is 5.02 Å². The number of rotatable bonds is 6. The van der Waals surface area contributed by atoms with Crippen molar-refractivity contribution in [2.45, 2.75) is 22.1 Å². The first-order valence-corrected chi connectivity index (χ1v) is 12.3. The maximum absolute atomic E-state index is 13.3. The van der Waals surface area contributed by atoms with Crippen molar-refractivity contribution in [3.8, 4) is 17.2 Å². The van der Waals surface area contributed by atoms with Gasteiger partial charge in [0.05, 0.1) is 31.9 Å². The number of nitrogens with one attached hydrogen (secondary N) is 1. The summed E-state index contributed by atoms with van der Waals surface area (Å²) in [5.41, 5.74) is 1.00. The highest BCUT2D eigenvalue weighted by Crippen LogP contribution is 2.51. The monoisotopic (exact) mass is 493 g/mol. The molecule has 1 N–H and O–H groups in total. The summed E-state index contributed by atoms with van der Waals surface area (Å²) in [5, 5.41) is 4.74. The average Bonchev–Trinajstić information content (AvgIpc) is 3.22. The van der Waals surface area contributed by atoms with Gasteiger partial charge < -0.3 is 19.5 Å². The van der Waals surface area contributed by atoms with Crippen molar-refractivity contribution in [1.29, 1.82) is 0 Å². The fourth-order valence-corrected chi connectivity index (χ4v) is 6.82. The van der Waals surface area contributed by atoms with Gasteiger partial charge in [-0.1, -0.05) is 17.7 Å². The number of anilines is 1. The zero-order valence-corrected chi connectivity index (χ0v) is 19.9. The van der Waals surface area contributed by atoms with Gasteiger partial charge in [-0.15, -0.1) is 11.3 Å². The number of carbonyl (C=O) groups excluding carboxylic acids is 1. The number of thiophene rings is 1. The Labute approximate surface area is 194 Å². The summed E-state index contributed by atoms with van der Waals surface area (Å²) in [6.07, 6.45) is 0.139. The van der Waals surface area contributed by atoms with Crippen LogP contribution < -0.4 is 19.5 Å². The van der Waals surface area contributed by atoms with Crippen molar-refractivity contribution in [2.75, 3.05) is 26.6 Å². The van der Waals surface area contributed by atoms with Gasteiger partial charge in [0.25, 0.3) is 0 Å². The van der Waals surface area contributed by atoms with Crippen molar-refractivity contribution in [3.05, 3.63) is 57.2 Å². The molecule has 1 atom stereocenters. The first-order chi connectivity index (χ1) is 15.3. The lowest BCUT2D eigenvalue weighted by molar-refractivity contribution is -0.116. The molecule has 3 aromatic rings. The molecule has 32 heavy (non-hydrogen) atoms. The van der Waals surface area contributed by atoms with Crippen molar-refractivity contribution < 1.29 is 27.4 Å². The SMILES string of the molecule is COc1ccc(C2CC(=O)Nc3c(S(=O)(=O)c4ccc(Cl)cc4)csc32)c(OC)c1OC. The fraction of sp³-hybridized carbons (Fsp3) is 0.227. The Morgan fingerprint density at radius 1 is 1.00 bits per heavy atom. The van der Waals surface area contributed by atoms with E-state index in [9.17, 15) is 13.2 Å². The second-order valence-corrected chi connectivity index (χ2v) is 10.3. The molecule has 0 saturated carbocycles. The Balaban J connectivity index is 1.86. The zero-order chi connectivity index (χ0) is 23.0. The Bertz CT molecular complexity index is 1280. The van der Waals surface area contributed by atoms with E-state index in [0.29, 0.717) is 33.5 Å². The quantitative estimate of drug-likeness (QED) is 0.533. The van der Waals surface area contributed by atoms with E-state index >= 15 is 0 Å². The van der Waals surface area contributed by atoms with Crippen LogP contribution in [0.3, 0.4) is 0 Å². The van der Waals surface area contributed by atoms with E-state index in [-0.39, 0.29) is 22.1 Å². The topological polar surface area (TPSA) is 90.9 Å². The van der Waals surface area contributed by atoms with Gasteiger partial charge in [0.15, 0.2) is 11.5 Å². The van der Waals surface area contributed by atoms with Crippen LogP contribution in [-0.2, 0) is 14.6 Å². The van der Waals surface area contributed by atoms with E-state index in [1.54, 1.807) is 17.5 Å². The van der Waals surface area contributed by atoms with Crippen molar-refractivity contribution in [3.63, 3.8) is 0 Å². The van der Waals surface area contributed by atoms with Gasteiger partial charge in [-0.3, -0.25) is 4.79 Å². The molecule has 1 aromatic heterocycles. The smallest absolute Gasteiger partial charge is 0.225 e. The minimum absolute atomic E-state index is 0.0531. The van der Waals surface area contributed by atoms with Crippen LogP contribution in [0, 0.1) is 0 Å². The molecule has 1 aliphatic heterocycles. The van der Waals surface area contributed by atoms with E-state index in [1.165, 1.54) is 56.9 Å². The molecule has 1 aliphatic rings. The predicted octanol–water partition coefficient (Wildman–Crippen LogP) is 4.73. The number of halogens is 1. The number of amides is 1. The van der Waals surface area contributed by atoms with Crippen LogP contribution in [0.1, 0.15) is 22.8 Å². The van der Waals surface area contributed by atoms with Crippen molar-refractivity contribution >= 4 is 44.4 Å². The number of ether oxygens (including phenoxy) is 3. The summed E-state index contributed by atoms with van der Waals surface area (Å²) >= 11 is 7.18. The molecular formula is C22H20ClNO6S2. The Hall–Kier alpha value is -2.75. The maximum Gasteiger partial charge on any atom is 0.225 e. The van der Waals surface area contributed by atoms with Crippen LogP contribution in [0.15, 0.2) is 51.6 Å². The largest absolute Gasteiger partial charge is 0.493 e. The van der Waals surface area contributed by atoms with Gasteiger partial charge in [-0.2, -0.15) is 0 Å². The number of sulfone groups is 1. The molecule has 0 fully saturated rings. The molecule has 10 heteroatoms. The van der Waals surface area contributed by atoms with Gasteiger partial charge in [0.1, 0.15) is 4.90 Å². The van der Waals surface area contributed by atoms with E-state index in [4.69, 9.17) is 25.8 Å². The van der Waals surface area contributed by atoms with Gasteiger partial charge in [0, 0.05) is 33.2 Å². The molecule has 168 valence electrons. The van der Waals surface area contributed by atoms with Crippen LogP contribution in [0.5, 0.6) is 17.2 Å². The summed E-state index contributed by atoms with van der Waals surface area (Å²) in [6.45, 7) is 0. The molecule has 4 rings (SSSR count). The molecule has 2 heterocycles. The minimum atomic E-state index is -3.86. The Morgan fingerprint density at radius 3 is 2.31 bits per heavy atom. The average molecular weight is 494 g/mol. The molecule has 1 amide bonds. The summed E-state index contributed by atoms with van der Waals surface area (Å²) in [5.74, 6) is 0.641. The second-order valence-electron chi connectivity index (χ2n) is 7.02. The van der Waals surface area contributed by atoms with Crippen LogP contribution in [0.4, 0.5) is 5.69 Å². The summed E-state index contributed by atoms with van der Waals surface area (Å²) in [6, 6.07) is 9.47. The number of benzene rings is 2. The van der Waals surface area contributed by atoms with Crippen molar-refractivity contribution in [1.82, 2.24) is 0 Å². The number of hydrogen-bond acceptors (Lipinski definition) is 7. The lowest BCUT2D eigenvalue weighted by atomic mass is 9.89. The standard InChI is InChI=1S/C22H20ClNO6S2/c1-28-16-9-8-14(20(29-2)21(16)30-3)15-10-18(25)24-19-17(11-31-22(15)19)32(26,27)13-6-4-12(23)5-7-13/h4-9,11,15H,10H2,1-3H3,(H,24,25). The molecule has 2 aromatic carbocycles. The fourth-order valence-electron chi connectivity index (χ4n) is 3.79. The summed E-state index contributed by atoms with van der Waals surface area (Å²) in [4.78, 5) is 13.5. The first kappa shape index (κ1) is 22.4. The number of carbonyl (C=O) groups is 1. The van der Waals surface area contributed by atoms with Crippen LogP contribution in [0.25, 0.3) is 0 Å². The normalized spacial score (nSPS) is 15.6. The lowest BCUT2D eigenvalue weighted by Crippen LogP contribution is -2.23.